The van der Waals surface area contributed by atoms with Crippen LogP contribution in [0.15, 0.2) is 36.8 Å². The number of aryl methyl sites for hydroxylation is 1. The summed E-state index contributed by atoms with van der Waals surface area (Å²) in [6.07, 6.45) is 6.51. The van der Waals surface area contributed by atoms with Gasteiger partial charge in [0.05, 0.1) is 6.33 Å². The minimum atomic E-state index is -0.350. The van der Waals surface area contributed by atoms with Crippen molar-refractivity contribution in [3.8, 4) is 0 Å². The van der Waals surface area contributed by atoms with Crippen LogP contribution in [0, 0.1) is 11.7 Å². The van der Waals surface area contributed by atoms with Gasteiger partial charge in [-0.2, -0.15) is 0 Å². The molecule has 1 atom stereocenters. The monoisotopic (exact) mass is 302 g/mol. The largest absolute Gasteiger partial charge is 0.348 e. The number of amides is 2. The number of imidazole rings is 1. The number of rotatable bonds is 4. The van der Waals surface area contributed by atoms with Crippen LogP contribution in [-0.2, 0) is 6.42 Å². The van der Waals surface area contributed by atoms with Crippen molar-refractivity contribution in [3.63, 3.8) is 0 Å². The smallest absolute Gasteiger partial charge is 0.321 e. The number of likely N-dealkylation sites (tertiary alicyclic amines) is 1. The number of carbonyl (C=O) groups excluding carboxylic acids is 1. The van der Waals surface area contributed by atoms with Gasteiger partial charge in [-0.1, -0.05) is 6.07 Å². The van der Waals surface area contributed by atoms with Crippen molar-refractivity contribution in [2.45, 2.75) is 19.3 Å². The lowest BCUT2D eigenvalue weighted by Crippen LogP contribution is -2.33. The number of hydrogen-bond acceptors (Lipinski definition) is 2. The zero-order chi connectivity index (χ0) is 15.4. The SMILES string of the molecule is O=C(Nc1cccc(F)c1)N1CCC(CCc2cnc[nH]2)C1. The topological polar surface area (TPSA) is 61.0 Å². The van der Waals surface area contributed by atoms with Gasteiger partial charge in [0, 0.05) is 30.7 Å². The summed E-state index contributed by atoms with van der Waals surface area (Å²) < 4.78 is 13.1. The molecule has 5 nitrogen and oxygen atoms in total. The highest BCUT2D eigenvalue weighted by molar-refractivity contribution is 5.89. The summed E-state index contributed by atoms with van der Waals surface area (Å²) in [5.74, 6) is 0.151. The minimum Gasteiger partial charge on any atom is -0.348 e. The summed E-state index contributed by atoms with van der Waals surface area (Å²) >= 11 is 0. The van der Waals surface area contributed by atoms with Gasteiger partial charge in [-0.05, 0) is 43.4 Å². The molecule has 2 aromatic rings. The van der Waals surface area contributed by atoms with Crippen molar-refractivity contribution < 1.29 is 9.18 Å². The maximum atomic E-state index is 13.1. The van der Waals surface area contributed by atoms with Gasteiger partial charge < -0.3 is 15.2 Å². The van der Waals surface area contributed by atoms with E-state index >= 15 is 0 Å². The first-order chi connectivity index (χ1) is 10.7. The fraction of sp³-hybridized carbons (Fsp3) is 0.375. The summed E-state index contributed by atoms with van der Waals surface area (Å²) in [4.78, 5) is 21.1. The summed E-state index contributed by atoms with van der Waals surface area (Å²) in [5.41, 5.74) is 1.62. The average Bonchev–Trinajstić information content (AvgIpc) is 3.17. The molecule has 1 aliphatic rings. The zero-order valence-electron chi connectivity index (χ0n) is 12.3. The second kappa shape index (κ2) is 6.60. The Kier molecular flexibility index (Phi) is 4.37. The lowest BCUT2D eigenvalue weighted by atomic mass is 10.0. The van der Waals surface area contributed by atoms with E-state index in [9.17, 15) is 9.18 Å². The Hall–Kier alpha value is -2.37. The molecule has 0 saturated carbocycles. The molecule has 1 aromatic heterocycles. The van der Waals surface area contributed by atoms with Crippen LogP contribution in [0.4, 0.5) is 14.9 Å². The number of aromatic amines is 1. The summed E-state index contributed by atoms with van der Waals surface area (Å²) in [6.45, 7) is 1.49. The van der Waals surface area contributed by atoms with Gasteiger partial charge in [0.2, 0.25) is 0 Å². The Balaban J connectivity index is 1.48. The number of H-pyrrole nitrogens is 1. The summed E-state index contributed by atoms with van der Waals surface area (Å²) in [6, 6.07) is 5.80. The van der Waals surface area contributed by atoms with E-state index in [-0.39, 0.29) is 11.8 Å². The average molecular weight is 302 g/mol. The number of halogens is 1. The van der Waals surface area contributed by atoms with Crippen molar-refractivity contribution in [3.05, 3.63) is 48.3 Å². The van der Waals surface area contributed by atoms with E-state index in [1.807, 2.05) is 6.20 Å². The molecule has 2 heterocycles. The molecule has 1 saturated heterocycles. The molecule has 1 aromatic carbocycles. The van der Waals surface area contributed by atoms with Crippen LogP contribution < -0.4 is 5.32 Å². The predicted octanol–water partition coefficient (Wildman–Crippen LogP) is 3.04. The van der Waals surface area contributed by atoms with Crippen LogP contribution in [0.5, 0.6) is 0 Å². The first-order valence-corrected chi connectivity index (χ1v) is 7.49. The van der Waals surface area contributed by atoms with Crippen LogP contribution in [0.3, 0.4) is 0 Å². The van der Waals surface area contributed by atoms with E-state index in [0.29, 0.717) is 11.6 Å². The Morgan fingerprint density at radius 1 is 1.50 bits per heavy atom. The van der Waals surface area contributed by atoms with Gasteiger partial charge in [-0.15, -0.1) is 0 Å². The number of urea groups is 1. The van der Waals surface area contributed by atoms with Gasteiger partial charge >= 0.3 is 6.03 Å². The third kappa shape index (κ3) is 3.63. The third-order valence-corrected chi connectivity index (χ3v) is 4.03. The molecule has 3 rings (SSSR count). The first kappa shape index (κ1) is 14.6. The van der Waals surface area contributed by atoms with E-state index in [0.717, 1.165) is 38.0 Å². The fourth-order valence-corrected chi connectivity index (χ4v) is 2.80. The van der Waals surface area contributed by atoms with E-state index in [1.165, 1.54) is 12.1 Å². The van der Waals surface area contributed by atoms with E-state index < -0.39 is 0 Å². The number of aromatic nitrogens is 2. The maximum Gasteiger partial charge on any atom is 0.321 e. The van der Waals surface area contributed by atoms with Crippen molar-refractivity contribution >= 4 is 11.7 Å². The summed E-state index contributed by atoms with van der Waals surface area (Å²) in [5, 5.41) is 2.75. The summed E-state index contributed by atoms with van der Waals surface area (Å²) in [7, 11) is 0. The highest BCUT2D eigenvalue weighted by Gasteiger charge is 2.26. The maximum absolute atomic E-state index is 13.1. The zero-order valence-corrected chi connectivity index (χ0v) is 12.3. The van der Waals surface area contributed by atoms with Crippen LogP contribution >= 0.6 is 0 Å². The molecule has 0 spiro atoms. The second-order valence-corrected chi connectivity index (χ2v) is 5.66. The lowest BCUT2D eigenvalue weighted by Gasteiger charge is -2.17. The fourth-order valence-electron chi connectivity index (χ4n) is 2.80. The van der Waals surface area contributed by atoms with Crippen LogP contribution in [-0.4, -0.2) is 34.0 Å². The molecule has 2 amide bonds. The third-order valence-electron chi connectivity index (χ3n) is 4.03. The minimum absolute atomic E-state index is 0.158. The highest BCUT2D eigenvalue weighted by Crippen LogP contribution is 2.22. The molecular formula is C16H19FN4O. The molecular weight excluding hydrogens is 283 g/mol. The van der Waals surface area contributed by atoms with Gasteiger partial charge in [-0.3, -0.25) is 0 Å². The molecule has 22 heavy (non-hydrogen) atoms. The van der Waals surface area contributed by atoms with Crippen molar-refractivity contribution in [2.24, 2.45) is 5.92 Å². The number of nitrogens with one attached hydrogen (secondary N) is 2. The van der Waals surface area contributed by atoms with Crippen molar-refractivity contribution in [1.82, 2.24) is 14.9 Å². The molecule has 1 fully saturated rings. The Morgan fingerprint density at radius 2 is 2.41 bits per heavy atom. The Labute approximate surface area is 128 Å². The molecule has 116 valence electrons. The van der Waals surface area contributed by atoms with Crippen LogP contribution in [0.25, 0.3) is 0 Å². The molecule has 1 unspecified atom stereocenters. The number of benzene rings is 1. The van der Waals surface area contributed by atoms with Gasteiger partial charge in [0.1, 0.15) is 5.82 Å². The normalized spacial score (nSPS) is 17.7. The first-order valence-electron chi connectivity index (χ1n) is 7.49. The lowest BCUT2D eigenvalue weighted by molar-refractivity contribution is 0.220. The molecule has 0 radical (unpaired) electrons. The van der Waals surface area contributed by atoms with E-state index in [2.05, 4.69) is 15.3 Å². The standard InChI is InChI=1S/C16H19FN4O/c17-13-2-1-3-14(8-13)20-16(22)21-7-6-12(10-21)4-5-15-9-18-11-19-15/h1-3,8-9,11-12H,4-7,10H2,(H,18,19)(H,20,22). The molecule has 1 aliphatic heterocycles. The molecule has 6 heteroatoms. The molecule has 0 aliphatic carbocycles. The number of hydrogen-bond donors (Lipinski definition) is 2. The van der Waals surface area contributed by atoms with Gasteiger partial charge in [0.25, 0.3) is 0 Å². The highest BCUT2D eigenvalue weighted by atomic mass is 19.1. The van der Waals surface area contributed by atoms with Crippen molar-refractivity contribution in [1.29, 1.82) is 0 Å². The predicted molar refractivity (Wildman–Crippen MR) is 82.0 cm³/mol. The van der Waals surface area contributed by atoms with Crippen LogP contribution in [0.2, 0.25) is 0 Å². The number of nitrogens with zero attached hydrogens (tertiary/aromatic N) is 2. The van der Waals surface area contributed by atoms with Crippen LogP contribution in [0.1, 0.15) is 18.5 Å². The molecule has 2 N–H and O–H groups in total. The second-order valence-electron chi connectivity index (χ2n) is 5.66. The quantitative estimate of drug-likeness (QED) is 0.912. The number of anilines is 1. The Morgan fingerprint density at radius 3 is 3.18 bits per heavy atom. The Bertz CT molecular complexity index is 629. The van der Waals surface area contributed by atoms with E-state index in [4.69, 9.17) is 0 Å². The van der Waals surface area contributed by atoms with Gasteiger partial charge in [-0.25, -0.2) is 14.2 Å². The van der Waals surface area contributed by atoms with Gasteiger partial charge in [0.15, 0.2) is 0 Å². The number of carbonyl (C=O) groups is 1. The van der Waals surface area contributed by atoms with Crippen molar-refractivity contribution in [2.75, 3.05) is 18.4 Å². The molecule has 0 bridgehead atoms. The van der Waals surface area contributed by atoms with E-state index in [1.54, 1.807) is 23.4 Å².